The molecule has 0 amide bonds. The molecule has 0 radical (unpaired) electrons. The van der Waals surface area contributed by atoms with Crippen molar-refractivity contribution in [2.24, 2.45) is 11.8 Å². The molecule has 88 valence electrons. The van der Waals surface area contributed by atoms with Crippen molar-refractivity contribution in [3.63, 3.8) is 0 Å². The van der Waals surface area contributed by atoms with Gasteiger partial charge in [-0.1, -0.05) is 59.8 Å². The molecule has 1 saturated carbocycles. The molecule has 1 aromatic carbocycles. The van der Waals surface area contributed by atoms with Gasteiger partial charge < -0.3 is 0 Å². The van der Waals surface area contributed by atoms with Gasteiger partial charge in [0.15, 0.2) is 0 Å². The van der Waals surface area contributed by atoms with Gasteiger partial charge in [-0.05, 0) is 29.9 Å². The van der Waals surface area contributed by atoms with Crippen LogP contribution in [-0.4, -0.2) is 5.33 Å². The van der Waals surface area contributed by atoms with Crippen molar-refractivity contribution in [3.8, 4) is 0 Å². The maximum atomic E-state index is 13.6. The number of hydrogen-bond donors (Lipinski definition) is 0. The summed E-state index contributed by atoms with van der Waals surface area (Å²) in [6.45, 7) is 0. The number of benzene rings is 1. The van der Waals surface area contributed by atoms with Gasteiger partial charge in [-0.15, -0.1) is 0 Å². The van der Waals surface area contributed by atoms with E-state index in [4.69, 9.17) is 0 Å². The lowest BCUT2D eigenvalue weighted by molar-refractivity contribution is 0.369. The summed E-state index contributed by atoms with van der Waals surface area (Å²) in [5.74, 6) is 1.34. The van der Waals surface area contributed by atoms with E-state index in [1.54, 1.807) is 12.1 Å². The summed E-state index contributed by atoms with van der Waals surface area (Å²) in [7, 11) is 0. The Kier molecular flexibility index (Phi) is 4.39. The molecule has 1 aliphatic rings. The van der Waals surface area contributed by atoms with Crippen LogP contribution in [0.1, 0.15) is 31.2 Å². The van der Waals surface area contributed by atoms with E-state index in [2.05, 4.69) is 15.9 Å². The standard InChI is InChI=1S/C14H18BrF/c15-10-13(11-5-1-2-6-11)9-12-7-3-4-8-14(12)16/h3-4,7-8,11,13H,1-2,5-6,9-10H2. The lowest BCUT2D eigenvalue weighted by Crippen LogP contribution is -2.16. The SMILES string of the molecule is Fc1ccccc1CC(CBr)C1CCCC1. The third-order valence-electron chi connectivity index (χ3n) is 3.70. The smallest absolute Gasteiger partial charge is 0.126 e. The van der Waals surface area contributed by atoms with Crippen LogP contribution in [0.4, 0.5) is 4.39 Å². The van der Waals surface area contributed by atoms with Crippen LogP contribution in [0.25, 0.3) is 0 Å². The van der Waals surface area contributed by atoms with E-state index in [-0.39, 0.29) is 5.82 Å². The molecular formula is C14H18BrF. The molecule has 0 N–H and O–H groups in total. The van der Waals surface area contributed by atoms with Gasteiger partial charge in [-0.25, -0.2) is 4.39 Å². The molecule has 0 nitrogen and oxygen atoms in total. The summed E-state index contributed by atoms with van der Waals surface area (Å²) >= 11 is 3.59. The Labute approximate surface area is 105 Å². The molecule has 1 atom stereocenters. The van der Waals surface area contributed by atoms with Crippen molar-refractivity contribution in [1.82, 2.24) is 0 Å². The molecule has 0 heterocycles. The van der Waals surface area contributed by atoms with E-state index < -0.39 is 0 Å². The highest BCUT2D eigenvalue weighted by molar-refractivity contribution is 9.09. The molecule has 2 heteroatoms. The average molecular weight is 285 g/mol. The molecule has 0 aliphatic heterocycles. The molecular weight excluding hydrogens is 267 g/mol. The molecule has 16 heavy (non-hydrogen) atoms. The Morgan fingerprint density at radius 1 is 1.25 bits per heavy atom. The molecule has 0 spiro atoms. The monoisotopic (exact) mass is 284 g/mol. The van der Waals surface area contributed by atoms with Crippen LogP contribution in [0.5, 0.6) is 0 Å². The maximum absolute atomic E-state index is 13.6. The second kappa shape index (κ2) is 5.81. The quantitative estimate of drug-likeness (QED) is 0.711. The topological polar surface area (TPSA) is 0 Å². The highest BCUT2D eigenvalue weighted by atomic mass is 79.9. The Bertz CT molecular complexity index is 331. The summed E-state index contributed by atoms with van der Waals surface area (Å²) in [6, 6.07) is 7.17. The fourth-order valence-corrected chi connectivity index (χ4v) is 3.48. The summed E-state index contributed by atoms with van der Waals surface area (Å²) in [5.41, 5.74) is 0.874. The minimum Gasteiger partial charge on any atom is -0.207 e. The lowest BCUT2D eigenvalue weighted by Gasteiger charge is -2.21. The number of halogens is 2. The van der Waals surface area contributed by atoms with E-state index in [9.17, 15) is 4.39 Å². The third kappa shape index (κ3) is 2.85. The normalized spacial score (nSPS) is 18.9. The van der Waals surface area contributed by atoms with Gasteiger partial charge in [0, 0.05) is 5.33 Å². The van der Waals surface area contributed by atoms with Crippen LogP contribution in [0.3, 0.4) is 0 Å². The Morgan fingerprint density at radius 3 is 2.56 bits per heavy atom. The zero-order valence-electron chi connectivity index (χ0n) is 9.46. The van der Waals surface area contributed by atoms with E-state index in [0.29, 0.717) is 5.92 Å². The van der Waals surface area contributed by atoms with Crippen molar-refractivity contribution in [2.75, 3.05) is 5.33 Å². The van der Waals surface area contributed by atoms with Gasteiger partial charge in [0.05, 0.1) is 0 Å². The highest BCUT2D eigenvalue weighted by Gasteiger charge is 2.24. The first-order chi connectivity index (χ1) is 7.81. The minimum absolute atomic E-state index is 0.0496. The van der Waals surface area contributed by atoms with Crippen LogP contribution < -0.4 is 0 Å². The molecule has 1 unspecified atom stereocenters. The Morgan fingerprint density at radius 2 is 1.94 bits per heavy atom. The number of alkyl halides is 1. The second-order valence-electron chi connectivity index (χ2n) is 4.75. The number of hydrogen-bond acceptors (Lipinski definition) is 0. The summed E-state index contributed by atoms with van der Waals surface area (Å²) in [6.07, 6.45) is 6.23. The zero-order valence-corrected chi connectivity index (χ0v) is 11.0. The molecule has 1 aliphatic carbocycles. The summed E-state index contributed by atoms with van der Waals surface area (Å²) in [4.78, 5) is 0. The van der Waals surface area contributed by atoms with E-state index in [0.717, 1.165) is 23.2 Å². The van der Waals surface area contributed by atoms with Gasteiger partial charge in [-0.3, -0.25) is 0 Å². The van der Waals surface area contributed by atoms with Crippen LogP contribution in [0.2, 0.25) is 0 Å². The van der Waals surface area contributed by atoms with Crippen LogP contribution in [0, 0.1) is 17.7 Å². The first kappa shape index (κ1) is 12.1. The Hall–Kier alpha value is -0.370. The van der Waals surface area contributed by atoms with E-state index in [1.807, 2.05) is 12.1 Å². The Balaban J connectivity index is 2.03. The third-order valence-corrected chi connectivity index (χ3v) is 4.54. The van der Waals surface area contributed by atoms with Gasteiger partial charge >= 0.3 is 0 Å². The maximum Gasteiger partial charge on any atom is 0.126 e. The van der Waals surface area contributed by atoms with Crippen molar-refractivity contribution >= 4 is 15.9 Å². The van der Waals surface area contributed by atoms with Crippen molar-refractivity contribution in [2.45, 2.75) is 32.1 Å². The van der Waals surface area contributed by atoms with Gasteiger partial charge in [0.1, 0.15) is 5.82 Å². The average Bonchev–Trinajstić information content (AvgIpc) is 2.81. The minimum atomic E-state index is -0.0496. The van der Waals surface area contributed by atoms with Gasteiger partial charge in [-0.2, -0.15) is 0 Å². The molecule has 0 bridgehead atoms. The van der Waals surface area contributed by atoms with Crippen molar-refractivity contribution < 1.29 is 4.39 Å². The van der Waals surface area contributed by atoms with Crippen molar-refractivity contribution in [1.29, 1.82) is 0 Å². The second-order valence-corrected chi connectivity index (χ2v) is 5.40. The zero-order chi connectivity index (χ0) is 11.4. The molecule has 2 rings (SSSR count). The fraction of sp³-hybridized carbons (Fsp3) is 0.571. The molecule has 1 aromatic rings. The highest BCUT2D eigenvalue weighted by Crippen LogP contribution is 2.34. The largest absolute Gasteiger partial charge is 0.207 e. The van der Waals surface area contributed by atoms with Crippen LogP contribution >= 0.6 is 15.9 Å². The predicted octanol–water partition coefficient (Wildman–Crippen LogP) is 4.57. The first-order valence-corrected chi connectivity index (χ1v) is 7.22. The van der Waals surface area contributed by atoms with E-state index in [1.165, 1.54) is 25.7 Å². The molecule has 0 saturated heterocycles. The van der Waals surface area contributed by atoms with Gasteiger partial charge in [0.25, 0.3) is 0 Å². The van der Waals surface area contributed by atoms with Gasteiger partial charge in [0.2, 0.25) is 0 Å². The molecule has 1 fully saturated rings. The number of rotatable bonds is 4. The van der Waals surface area contributed by atoms with Crippen molar-refractivity contribution in [3.05, 3.63) is 35.6 Å². The first-order valence-electron chi connectivity index (χ1n) is 6.10. The predicted molar refractivity (Wildman–Crippen MR) is 69.3 cm³/mol. The molecule has 0 aromatic heterocycles. The fourth-order valence-electron chi connectivity index (χ4n) is 2.72. The lowest BCUT2D eigenvalue weighted by atomic mass is 9.87. The summed E-state index contributed by atoms with van der Waals surface area (Å²) < 4.78 is 13.6. The summed E-state index contributed by atoms with van der Waals surface area (Å²) in [5, 5.41) is 0.992. The van der Waals surface area contributed by atoms with E-state index >= 15 is 0 Å². The van der Waals surface area contributed by atoms with Crippen LogP contribution in [0.15, 0.2) is 24.3 Å². The van der Waals surface area contributed by atoms with Crippen LogP contribution in [-0.2, 0) is 6.42 Å².